The second-order valence-electron chi connectivity index (χ2n) is 4.90. The van der Waals surface area contributed by atoms with E-state index in [0.717, 1.165) is 29.9 Å². The van der Waals surface area contributed by atoms with E-state index in [0.29, 0.717) is 11.6 Å². The Balaban J connectivity index is 1.98. The first-order valence-corrected chi connectivity index (χ1v) is 8.97. The van der Waals surface area contributed by atoms with Crippen molar-refractivity contribution in [2.24, 2.45) is 0 Å². The number of hydrogen-bond acceptors (Lipinski definition) is 6. The van der Waals surface area contributed by atoms with Crippen LogP contribution < -0.4 is 0 Å². The van der Waals surface area contributed by atoms with Crippen molar-refractivity contribution in [2.45, 2.75) is 31.9 Å². The van der Waals surface area contributed by atoms with Crippen LogP contribution in [-0.2, 0) is 23.3 Å². The number of rotatable bonds is 4. The van der Waals surface area contributed by atoms with Gasteiger partial charge in [0, 0.05) is 10.6 Å². The number of methoxy groups -OCH3 is 1. The number of nitrogens with zero attached hydrogens (tertiary/aromatic N) is 1. The summed E-state index contributed by atoms with van der Waals surface area (Å²) in [5.41, 5.74) is 2.07. The first-order valence-electron chi connectivity index (χ1n) is 7.00. The Labute approximate surface area is 131 Å². The number of fused-ring (bicyclic) bond motifs is 1. The summed E-state index contributed by atoms with van der Waals surface area (Å²) in [7, 11) is 1.36. The van der Waals surface area contributed by atoms with Crippen LogP contribution >= 0.6 is 23.1 Å². The van der Waals surface area contributed by atoms with Gasteiger partial charge in [-0.3, -0.25) is 0 Å². The highest BCUT2D eigenvalue weighted by Gasteiger charge is 2.23. The summed E-state index contributed by atoms with van der Waals surface area (Å²) < 4.78 is 10.5. The lowest BCUT2D eigenvalue weighted by Crippen LogP contribution is -2.03. The van der Waals surface area contributed by atoms with Gasteiger partial charge in [0.15, 0.2) is 0 Å². The first-order chi connectivity index (χ1) is 10.2. The number of thiophene rings is 1. The van der Waals surface area contributed by atoms with Gasteiger partial charge in [0.2, 0.25) is 11.7 Å². The van der Waals surface area contributed by atoms with Crippen molar-refractivity contribution in [1.29, 1.82) is 0 Å². The SMILES string of the molecule is CCCc1nc(-c2cc3c(s2)CCSC3)oc1C(=O)OC. The van der Waals surface area contributed by atoms with Crippen molar-refractivity contribution < 1.29 is 13.9 Å². The number of esters is 1. The molecular weight excluding hydrogens is 306 g/mol. The summed E-state index contributed by atoms with van der Waals surface area (Å²) in [5.74, 6) is 2.57. The summed E-state index contributed by atoms with van der Waals surface area (Å²) in [6, 6.07) is 2.15. The van der Waals surface area contributed by atoms with Gasteiger partial charge >= 0.3 is 5.97 Å². The van der Waals surface area contributed by atoms with Crippen LogP contribution in [0.25, 0.3) is 10.8 Å². The molecule has 0 atom stereocenters. The standard InChI is InChI=1S/C15H17NO3S2/c1-3-4-10-13(15(17)18-2)19-14(16-10)12-7-9-8-20-6-5-11(9)21-12/h7H,3-6,8H2,1-2H3. The fraction of sp³-hybridized carbons (Fsp3) is 0.467. The van der Waals surface area contributed by atoms with Gasteiger partial charge in [-0.25, -0.2) is 9.78 Å². The Morgan fingerprint density at radius 1 is 1.52 bits per heavy atom. The molecule has 2 aromatic heterocycles. The van der Waals surface area contributed by atoms with E-state index in [2.05, 4.69) is 18.0 Å². The molecule has 0 aromatic carbocycles. The van der Waals surface area contributed by atoms with E-state index in [1.165, 1.54) is 23.3 Å². The smallest absolute Gasteiger partial charge is 0.376 e. The monoisotopic (exact) mass is 323 g/mol. The van der Waals surface area contributed by atoms with Gasteiger partial charge in [0.25, 0.3) is 0 Å². The lowest BCUT2D eigenvalue weighted by molar-refractivity contribution is 0.0564. The number of aromatic nitrogens is 1. The van der Waals surface area contributed by atoms with E-state index in [1.807, 2.05) is 11.8 Å². The van der Waals surface area contributed by atoms with Crippen molar-refractivity contribution in [3.05, 3.63) is 28.0 Å². The molecule has 0 unspecified atom stereocenters. The zero-order valence-corrected chi connectivity index (χ0v) is 13.7. The average molecular weight is 323 g/mol. The molecule has 3 rings (SSSR count). The van der Waals surface area contributed by atoms with E-state index in [9.17, 15) is 4.79 Å². The van der Waals surface area contributed by atoms with Gasteiger partial charge in [-0.2, -0.15) is 11.8 Å². The summed E-state index contributed by atoms with van der Waals surface area (Å²) in [5, 5.41) is 0. The van der Waals surface area contributed by atoms with E-state index in [1.54, 1.807) is 11.3 Å². The van der Waals surface area contributed by atoms with Crippen molar-refractivity contribution in [2.75, 3.05) is 12.9 Å². The van der Waals surface area contributed by atoms with Crippen LogP contribution in [0, 0.1) is 0 Å². The van der Waals surface area contributed by atoms with E-state index in [4.69, 9.17) is 9.15 Å². The number of carbonyl (C=O) groups excluding carboxylic acids is 1. The van der Waals surface area contributed by atoms with Gasteiger partial charge in [-0.05, 0) is 30.2 Å². The lowest BCUT2D eigenvalue weighted by Gasteiger charge is -2.08. The molecule has 112 valence electrons. The van der Waals surface area contributed by atoms with Crippen molar-refractivity contribution in [3.63, 3.8) is 0 Å². The third kappa shape index (κ3) is 2.87. The predicted octanol–water partition coefficient (Wildman–Crippen LogP) is 3.93. The molecule has 21 heavy (non-hydrogen) atoms. The summed E-state index contributed by atoms with van der Waals surface area (Å²) in [6.45, 7) is 2.05. The summed E-state index contributed by atoms with van der Waals surface area (Å²) in [6.07, 6.45) is 2.74. The van der Waals surface area contributed by atoms with Crippen molar-refractivity contribution in [1.82, 2.24) is 4.98 Å². The molecule has 0 spiro atoms. The third-order valence-corrected chi connectivity index (χ3v) is 5.63. The zero-order valence-electron chi connectivity index (χ0n) is 12.1. The van der Waals surface area contributed by atoms with Crippen molar-refractivity contribution in [3.8, 4) is 10.8 Å². The maximum absolute atomic E-state index is 11.8. The fourth-order valence-electron chi connectivity index (χ4n) is 2.37. The minimum Gasteiger partial charge on any atom is -0.463 e. The minimum absolute atomic E-state index is 0.245. The largest absolute Gasteiger partial charge is 0.463 e. The number of carbonyl (C=O) groups is 1. The summed E-state index contributed by atoms with van der Waals surface area (Å²) in [4.78, 5) is 18.7. The quantitative estimate of drug-likeness (QED) is 0.798. The molecule has 0 radical (unpaired) electrons. The molecule has 6 heteroatoms. The van der Waals surface area contributed by atoms with Crippen LogP contribution in [0.2, 0.25) is 0 Å². The lowest BCUT2D eigenvalue weighted by atomic mass is 10.2. The van der Waals surface area contributed by atoms with Crippen LogP contribution in [-0.4, -0.2) is 23.8 Å². The highest BCUT2D eigenvalue weighted by molar-refractivity contribution is 7.98. The number of ether oxygens (including phenoxy) is 1. The molecule has 0 saturated carbocycles. The second-order valence-corrected chi connectivity index (χ2v) is 7.14. The first kappa shape index (κ1) is 14.7. The molecule has 0 saturated heterocycles. The number of hydrogen-bond donors (Lipinski definition) is 0. The maximum Gasteiger partial charge on any atom is 0.376 e. The fourth-order valence-corrected chi connectivity index (χ4v) is 4.67. The molecule has 0 fully saturated rings. The van der Waals surface area contributed by atoms with Gasteiger partial charge in [0.1, 0.15) is 0 Å². The Morgan fingerprint density at radius 3 is 3.10 bits per heavy atom. The Kier molecular flexibility index (Phi) is 4.35. The number of thioether (sulfide) groups is 1. The summed E-state index contributed by atoms with van der Waals surface area (Å²) >= 11 is 3.68. The van der Waals surface area contributed by atoms with Gasteiger partial charge < -0.3 is 9.15 Å². The number of oxazole rings is 1. The van der Waals surface area contributed by atoms with Crippen molar-refractivity contribution >= 4 is 29.1 Å². The van der Waals surface area contributed by atoms with Crippen LogP contribution in [0.4, 0.5) is 0 Å². The third-order valence-electron chi connectivity index (χ3n) is 3.39. The second kappa shape index (κ2) is 6.23. The molecule has 2 aromatic rings. The van der Waals surface area contributed by atoms with Crippen LogP contribution in [0.1, 0.15) is 40.0 Å². The van der Waals surface area contributed by atoms with Crippen LogP contribution in [0.15, 0.2) is 10.5 Å². The molecule has 0 amide bonds. The zero-order chi connectivity index (χ0) is 14.8. The molecular formula is C15H17NO3S2. The Morgan fingerprint density at radius 2 is 2.38 bits per heavy atom. The Bertz CT molecular complexity index is 636. The van der Waals surface area contributed by atoms with Gasteiger partial charge in [-0.1, -0.05) is 13.3 Å². The van der Waals surface area contributed by atoms with Gasteiger partial charge in [0.05, 0.1) is 17.7 Å². The molecule has 3 heterocycles. The average Bonchev–Trinajstić information content (AvgIpc) is 3.10. The van der Waals surface area contributed by atoms with E-state index in [-0.39, 0.29) is 5.76 Å². The Hall–Kier alpha value is -1.27. The molecule has 1 aliphatic heterocycles. The highest BCUT2D eigenvalue weighted by atomic mass is 32.2. The van der Waals surface area contributed by atoms with Gasteiger partial charge in [-0.15, -0.1) is 11.3 Å². The molecule has 4 nitrogen and oxygen atoms in total. The number of aryl methyl sites for hydroxylation is 2. The topological polar surface area (TPSA) is 52.3 Å². The van der Waals surface area contributed by atoms with Crippen LogP contribution in [0.3, 0.4) is 0 Å². The van der Waals surface area contributed by atoms with E-state index >= 15 is 0 Å². The maximum atomic E-state index is 11.8. The normalized spacial score (nSPS) is 14.0. The molecule has 0 bridgehead atoms. The van der Waals surface area contributed by atoms with E-state index < -0.39 is 5.97 Å². The highest BCUT2D eigenvalue weighted by Crippen LogP contribution is 2.37. The minimum atomic E-state index is -0.450. The molecule has 0 N–H and O–H groups in total. The predicted molar refractivity (Wildman–Crippen MR) is 85.0 cm³/mol. The molecule has 0 aliphatic carbocycles. The van der Waals surface area contributed by atoms with Crippen LogP contribution in [0.5, 0.6) is 0 Å². The molecule has 1 aliphatic rings.